The smallest absolute Gasteiger partial charge is 0.261 e. The number of carbonyl (C=O) groups excluding carboxylic acids is 1. The van der Waals surface area contributed by atoms with Crippen molar-refractivity contribution < 1.29 is 14.6 Å². The summed E-state index contributed by atoms with van der Waals surface area (Å²) in [5, 5.41) is 14.1. The predicted octanol–water partition coefficient (Wildman–Crippen LogP) is 1.57. The number of hydrogen-bond donors (Lipinski definition) is 2. The molecule has 0 radical (unpaired) electrons. The van der Waals surface area contributed by atoms with Crippen LogP contribution in [0.1, 0.15) is 11.1 Å². The predicted molar refractivity (Wildman–Crippen MR) is 101 cm³/mol. The minimum absolute atomic E-state index is 0.0299. The molecule has 27 heavy (non-hydrogen) atoms. The Balaban J connectivity index is 1.70. The number of benzene rings is 2. The van der Waals surface area contributed by atoms with Crippen LogP contribution in [0.3, 0.4) is 0 Å². The SMILES string of the molecule is COc1ccc(/C=N/NC(=O)Cn2cnc3ccc(C)cc3c2=O)c(O)c1. The molecule has 8 nitrogen and oxygen atoms in total. The van der Waals surface area contributed by atoms with Gasteiger partial charge in [0.25, 0.3) is 11.5 Å². The van der Waals surface area contributed by atoms with Gasteiger partial charge in [0.2, 0.25) is 0 Å². The second-order valence-electron chi connectivity index (χ2n) is 5.92. The van der Waals surface area contributed by atoms with Crippen molar-refractivity contribution >= 4 is 23.0 Å². The van der Waals surface area contributed by atoms with Crippen LogP contribution in [0.5, 0.6) is 11.5 Å². The van der Waals surface area contributed by atoms with Gasteiger partial charge in [-0.15, -0.1) is 0 Å². The summed E-state index contributed by atoms with van der Waals surface area (Å²) in [7, 11) is 1.49. The largest absolute Gasteiger partial charge is 0.507 e. The molecule has 0 aliphatic carbocycles. The molecule has 0 saturated heterocycles. The molecule has 0 atom stereocenters. The molecule has 8 heteroatoms. The minimum Gasteiger partial charge on any atom is -0.507 e. The van der Waals surface area contributed by atoms with E-state index in [-0.39, 0.29) is 17.9 Å². The number of ether oxygens (including phenoxy) is 1. The summed E-state index contributed by atoms with van der Waals surface area (Å²) >= 11 is 0. The highest BCUT2D eigenvalue weighted by Crippen LogP contribution is 2.21. The zero-order chi connectivity index (χ0) is 19.4. The number of fused-ring (bicyclic) bond motifs is 1. The quantitative estimate of drug-likeness (QED) is 0.527. The Morgan fingerprint density at radius 3 is 2.89 bits per heavy atom. The number of nitrogens with zero attached hydrogens (tertiary/aromatic N) is 3. The van der Waals surface area contributed by atoms with Crippen LogP contribution < -0.4 is 15.7 Å². The fraction of sp³-hybridized carbons (Fsp3) is 0.158. The van der Waals surface area contributed by atoms with Crippen molar-refractivity contribution in [3.8, 4) is 11.5 Å². The van der Waals surface area contributed by atoms with Crippen LogP contribution >= 0.6 is 0 Å². The molecule has 3 aromatic rings. The van der Waals surface area contributed by atoms with E-state index in [0.717, 1.165) is 5.56 Å². The number of methoxy groups -OCH3 is 1. The summed E-state index contributed by atoms with van der Waals surface area (Å²) in [4.78, 5) is 28.7. The summed E-state index contributed by atoms with van der Waals surface area (Å²) in [6.07, 6.45) is 2.63. The van der Waals surface area contributed by atoms with Crippen LogP contribution in [0.15, 0.2) is 52.6 Å². The third-order valence-corrected chi connectivity index (χ3v) is 3.92. The number of hydrazone groups is 1. The number of amides is 1. The summed E-state index contributed by atoms with van der Waals surface area (Å²) in [6, 6.07) is 10.1. The lowest BCUT2D eigenvalue weighted by molar-refractivity contribution is -0.121. The molecular weight excluding hydrogens is 348 g/mol. The van der Waals surface area contributed by atoms with Crippen molar-refractivity contribution in [2.24, 2.45) is 5.10 Å². The lowest BCUT2D eigenvalue weighted by Crippen LogP contribution is -2.30. The molecule has 1 heterocycles. The fourth-order valence-electron chi connectivity index (χ4n) is 2.51. The fourth-order valence-corrected chi connectivity index (χ4v) is 2.51. The van der Waals surface area contributed by atoms with Gasteiger partial charge < -0.3 is 9.84 Å². The molecule has 138 valence electrons. The van der Waals surface area contributed by atoms with E-state index < -0.39 is 5.91 Å². The minimum atomic E-state index is -0.491. The van der Waals surface area contributed by atoms with Crippen molar-refractivity contribution in [3.63, 3.8) is 0 Å². The highest BCUT2D eigenvalue weighted by molar-refractivity contribution is 5.85. The first-order valence-electron chi connectivity index (χ1n) is 8.12. The standard InChI is InChI=1S/C19H18N4O4/c1-12-3-6-16-15(7-12)19(26)23(11-20-16)10-18(25)22-21-9-13-4-5-14(27-2)8-17(13)24/h3-9,11,24H,10H2,1-2H3,(H,22,25)/b21-9+. The number of aromatic nitrogens is 2. The molecule has 2 aromatic carbocycles. The topological polar surface area (TPSA) is 106 Å². The number of aromatic hydroxyl groups is 1. The molecule has 2 N–H and O–H groups in total. The van der Waals surface area contributed by atoms with Crippen molar-refractivity contribution in [1.82, 2.24) is 15.0 Å². The number of carbonyl (C=O) groups is 1. The van der Waals surface area contributed by atoms with Gasteiger partial charge in [-0.25, -0.2) is 10.4 Å². The number of nitrogens with one attached hydrogen (secondary N) is 1. The lowest BCUT2D eigenvalue weighted by atomic mass is 10.2. The maximum Gasteiger partial charge on any atom is 0.261 e. The summed E-state index contributed by atoms with van der Waals surface area (Å²) < 4.78 is 6.22. The Morgan fingerprint density at radius 2 is 2.15 bits per heavy atom. The summed E-state index contributed by atoms with van der Waals surface area (Å²) in [5.41, 5.74) is 3.96. The lowest BCUT2D eigenvalue weighted by Gasteiger charge is -2.06. The number of aryl methyl sites for hydroxylation is 1. The van der Waals surface area contributed by atoms with Crippen molar-refractivity contribution in [3.05, 3.63) is 64.2 Å². The van der Waals surface area contributed by atoms with Crippen molar-refractivity contribution in [2.45, 2.75) is 13.5 Å². The van der Waals surface area contributed by atoms with E-state index >= 15 is 0 Å². The van der Waals surface area contributed by atoms with E-state index in [0.29, 0.717) is 22.2 Å². The van der Waals surface area contributed by atoms with Crippen LogP contribution in [0.4, 0.5) is 0 Å². The van der Waals surface area contributed by atoms with Gasteiger partial charge in [0.05, 0.1) is 30.6 Å². The van der Waals surface area contributed by atoms with Crippen molar-refractivity contribution in [1.29, 1.82) is 0 Å². The van der Waals surface area contributed by atoms with Crippen LogP contribution in [0.25, 0.3) is 10.9 Å². The van der Waals surface area contributed by atoms with Gasteiger partial charge in [0.15, 0.2) is 0 Å². The number of rotatable bonds is 5. The highest BCUT2D eigenvalue weighted by atomic mass is 16.5. The van der Waals surface area contributed by atoms with Gasteiger partial charge >= 0.3 is 0 Å². The van der Waals surface area contributed by atoms with Gasteiger partial charge in [-0.1, -0.05) is 11.6 Å². The molecule has 1 amide bonds. The van der Waals surface area contributed by atoms with Gasteiger partial charge in [0.1, 0.15) is 18.0 Å². The highest BCUT2D eigenvalue weighted by Gasteiger charge is 2.08. The maximum absolute atomic E-state index is 12.5. The molecule has 0 aliphatic heterocycles. The monoisotopic (exact) mass is 366 g/mol. The molecule has 0 bridgehead atoms. The molecular formula is C19H18N4O4. The van der Waals surface area contributed by atoms with Crippen LogP contribution in [0, 0.1) is 6.92 Å². The van der Waals surface area contributed by atoms with E-state index in [1.54, 1.807) is 24.3 Å². The molecule has 0 saturated carbocycles. The molecule has 0 aliphatic rings. The zero-order valence-corrected chi connectivity index (χ0v) is 14.8. The second-order valence-corrected chi connectivity index (χ2v) is 5.92. The maximum atomic E-state index is 12.5. The van der Waals surface area contributed by atoms with Crippen LogP contribution in [-0.4, -0.2) is 33.9 Å². The van der Waals surface area contributed by atoms with Gasteiger partial charge in [-0.05, 0) is 31.2 Å². The first-order valence-corrected chi connectivity index (χ1v) is 8.12. The Labute approximate surface area is 154 Å². The zero-order valence-electron chi connectivity index (χ0n) is 14.8. The van der Waals surface area contributed by atoms with Gasteiger partial charge in [0, 0.05) is 11.6 Å². The average molecular weight is 366 g/mol. The Kier molecular flexibility index (Phi) is 5.16. The van der Waals surface area contributed by atoms with Gasteiger partial charge in [-0.3, -0.25) is 14.2 Å². The number of phenolic OH excluding ortho intramolecular Hbond substituents is 1. The molecule has 0 spiro atoms. The van der Waals surface area contributed by atoms with E-state index in [2.05, 4.69) is 15.5 Å². The van der Waals surface area contributed by atoms with E-state index in [4.69, 9.17) is 4.74 Å². The molecule has 1 aromatic heterocycles. The van der Waals surface area contributed by atoms with Crippen molar-refractivity contribution in [2.75, 3.05) is 7.11 Å². The third kappa shape index (κ3) is 4.12. The molecule has 3 rings (SSSR count). The van der Waals surface area contributed by atoms with E-state index in [1.807, 2.05) is 13.0 Å². The number of phenols is 1. The second kappa shape index (κ2) is 7.69. The first kappa shape index (κ1) is 18.1. The van der Waals surface area contributed by atoms with Crippen LogP contribution in [0.2, 0.25) is 0 Å². The molecule has 0 unspecified atom stereocenters. The summed E-state index contributed by atoms with van der Waals surface area (Å²) in [6.45, 7) is 1.66. The average Bonchev–Trinajstić information content (AvgIpc) is 2.65. The van der Waals surface area contributed by atoms with E-state index in [1.165, 1.54) is 30.3 Å². The van der Waals surface area contributed by atoms with Gasteiger partial charge in [-0.2, -0.15) is 5.10 Å². The molecule has 0 fully saturated rings. The Morgan fingerprint density at radius 1 is 1.33 bits per heavy atom. The Hall–Kier alpha value is -3.68. The summed E-state index contributed by atoms with van der Waals surface area (Å²) in [5.74, 6) is -0.0140. The third-order valence-electron chi connectivity index (χ3n) is 3.92. The Bertz CT molecular complexity index is 1090. The van der Waals surface area contributed by atoms with E-state index in [9.17, 15) is 14.7 Å². The normalized spacial score (nSPS) is 11.0. The first-order chi connectivity index (χ1) is 13.0. The number of hydrogen-bond acceptors (Lipinski definition) is 6. The van der Waals surface area contributed by atoms with Crippen LogP contribution in [-0.2, 0) is 11.3 Å².